The van der Waals surface area contributed by atoms with E-state index in [0.717, 1.165) is 22.8 Å². The van der Waals surface area contributed by atoms with E-state index >= 15 is 0 Å². The van der Waals surface area contributed by atoms with Crippen LogP contribution < -0.4 is 10.2 Å². The lowest BCUT2D eigenvalue weighted by Gasteiger charge is -2.29. The molecule has 0 saturated heterocycles. The lowest BCUT2D eigenvalue weighted by molar-refractivity contribution is 0.0886. The van der Waals surface area contributed by atoms with Gasteiger partial charge in [-0.3, -0.25) is 0 Å². The second kappa shape index (κ2) is 7.84. The predicted molar refractivity (Wildman–Crippen MR) is 84.6 cm³/mol. The summed E-state index contributed by atoms with van der Waals surface area (Å²) < 4.78 is 5.01. The molecule has 20 heavy (non-hydrogen) atoms. The summed E-state index contributed by atoms with van der Waals surface area (Å²) in [5.41, 5.74) is 1.32. The molecule has 4 nitrogen and oxygen atoms in total. The summed E-state index contributed by atoms with van der Waals surface area (Å²) in [6.45, 7) is 6.25. The van der Waals surface area contributed by atoms with Crippen LogP contribution in [0.25, 0.3) is 0 Å². The molecule has 0 bridgehead atoms. The molecular formula is C15H25ClN2O2. The number of nitrogens with one attached hydrogen (secondary N) is 1. The highest BCUT2D eigenvalue weighted by atomic mass is 35.5. The minimum atomic E-state index is -0.752. The third-order valence-corrected chi connectivity index (χ3v) is 3.27. The lowest BCUT2D eigenvalue weighted by atomic mass is 10.1. The Morgan fingerprint density at radius 1 is 1.40 bits per heavy atom. The average Bonchev–Trinajstić information content (AvgIpc) is 2.34. The Balaban J connectivity index is 2.81. The number of hydrogen-bond donors (Lipinski definition) is 2. The molecule has 114 valence electrons. The summed E-state index contributed by atoms with van der Waals surface area (Å²) in [5.74, 6) is 0. The molecule has 0 spiro atoms. The van der Waals surface area contributed by atoms with Crippen molar-refractivity contribution in [2.75, 3.05) is 38.8 Å². The molecule has 0 fully saturated rings. The lowest BCUT2D eigenvalue weighted by Crippen LogP contribution is -2.37. The van der Waals surface area contributed by atoms with Gasteiger partial charge in [-0.15, -0.1) is 0 Å². The number of aliphatic hydroxyl groups is 1. The van der Waals surface area contributed by atoms with Gasteiger partial charge in [0.15, 0.2) is 0 Å². The zero-order chi connectivity index (χ0) is 15.2. The van der Waals surface area contributed by atoms with Crippen molar-refractivity contribution < 1.29 is 9.84 Å². The maximum atomic E-state index is 9.95. The van der Waals surface area contributed by atoms with Crippen molar-refractivity contribution in [3.63, 3.8) is 0 Å². The molecule has 0 aromatic heterocycles. The van der Waals surface area contributed by atoms with Crippen LogP contribution in [0, 0.1) is 0 Å². The molecule has 1 aromatic carbocycles. The molecule has 0 radical (unpaired) electrons. The Morgan fingerprint density at radius 2 is 2.10 bits per heavy atom. The van der Waals surface area contributed by atoms with Gasteiger partial charge in [-0.25, -0.2) is 0 Å². The van der Waals surface area contributed by atoms with Crippen LogP contribution in [0.5, 0.6) is 0 Å². The molecular weight excluding hydrogens is 276 g/mol. The molecule has 0 aliphatic carbocycles. The summed E-state index contributed by atoms with van der Waals surface area (Å²) in [5, 5.41) is 14.0. The molecule has 0 heterocycles. The van der Waals surface area contributed by atoms with E-state index < -0.39 is 5.60 Å². The summed E-state index contributed by atoms with van der Waals surface area (Å²) in [4.78, 5) is 2.03. The number of nitrogens with zero attached hydrogens (tertiary/aromatic N) is 1. The van der Waals surface area contributed by atoms with Crippen LogP contribution in [-0.4, -0.2) is 44.6 Å². The molecule has 0 atom stereocenters. The van der Waals surface area contributed by atoms with Gasteiger partial charge in [0.1, 0.15) is 0 Å². The highest BCUT2D eigenvalue weighted by Crippen LogP contribution is 2.27. The third-order valence-electron chi connectivity index (χ3n) is 2.91. The van der Waals surface area contributed by atoms with Crippen molar-refractivity contribution in [1.82, 2.24) is 5.32 Å². The zero-order valence-electron chi connectivity index (χ0n) is 12.7. The standard InChI is InChI=1S/C15H25ClN2O2/c1-15(2,19)11-18(3)14-7-5-6-13(16)12(14)10-17-8-9-20-4/h5-7,17,19H,8-11H2,1-4H3. The number of halogens is 1. The monoisotopic (exact) mass is 300 g/mol. The van der Waals surface area contributed by atoms with Crippen LogP contribution in [0.3, 0.4) is 0 Å². The van der Waals surface area contributed by atoms with E-state index in [-0.39, 0.29) is 0 Å². The summed E-state index contributed by atoms with van der Waals surface area (Å²) >= 11 is 6.30. The van der Waals surface area contributed by atoms with Gasteiger partial charge in [-0.2, -0.15) is 0 Å². The Hall–Kier alpha value is -0.810. The topological polar surface area (TPSA) is 44.7 Å². The number of ether oxygens (including phenoxy) is 1. The van der Waals surface area contributed by atoms with Crippen molar-refractivity contribution in [1.29, 1.82) is 0 Å². The molecule has 0 aliphatic heterocycles. The number of anilines is 1. The van der Waals surface area contributed by atoms with E-state index in [9.17, 15) is 5.11 Å². The van der Waals surface area contributed by atoms with E-state index in [1.54, 1.807) is 21.0 Å². The van der Waals surface area contributed by atoms with Crippen LogP contribution in [0.15, 0.2) is 18.2 Å². The second-order valence-corrected chi connectivity index (χ2v) is 5.98. The summed E-state index contributed by atoms with van der Waals surface area (Å²) in [6.07, 6.45) is 0. The fourth-order valence-corrected chi connectivity index (χ4v) is 2.37. The van der Waals surface area contributed by atoms with Gasteiger partial charge in [0.25, 0.3) is 0 Å². The highest BCUT2D eigenvalue weighted by Gasteiger charge is 2.18. The average molecular weight is 301 g/mol. The van der Waals surface area contributed by atoms with Crippen molar-refractivity contribution in [2.45, 2.75) is 26.0 Å². The van der Waals surface area contributed by atoms with Gasteiger partial charge in [0.2, 0.25) is 0 Å². The predicted octanol–water partition coefficient (Wildman–Crippen LogP) is 2.28. The maximum absolute atomic E-state index is 9.95. The second-order valence-electron chi connectivity index (χ2n) is 5.58. The van der Waals surface area contributed by atoms with Crippen molar-refractivity contribution in [2.24, 2.45) is 0 Å². The molecule has 1 rings (SSSR count). The largest absolute Gasteiger partial charge is 0.389 e. The van der Waals surface area contributed by atoms with Crippen LogP contribution in [0.2, 0.25) is 5.02 Å². The number of hydrogen-bond acceptors (Lipinski definition) is 4. The minimum absolute atomic E-state index is 0.540. The van der Waals surface area contributed by atoms with E-state index in [4.69, 9.17) is 16.3 Å². The summed E-state index contributed by atoms with van der Waals surface area (Å²) in [6, 6.07) is 5.83. The number of methoxy groups -OCH3 is 1. The normalized spacial score (nSPS) is 11.7. The molecule has 1 aromatic rings. The van der Waals surface area contributed by atoms with E-state index in [2.05, 4.69) is 5.32 Å². The van der Waals surface area contributed by atoms with E-state index in [1.807, 2.05) is 30.1 Å². The maximum Gasteiger partial charge on any atom is 0.0765 e. The first kappa shape index (κ1) is 17.2. The van der Waals surface area contributed by atoms with E-state index in [1.165, 1.54) is 0 Å². The SMILES string of the molecule is COCCNCc1c(Cl)cccc1N(C)CC(C)(C)O. The molecule has 2 N–H and O–H groups in total. The van der Waals surface area contributed by atoms with Crippen LogP contribution >= 0.6 is 11.6 Å². The van der Waals surface area contributed by atoms with Gasteiger partial charge in [0, 0.05) is 50.1 Å². The fourth-order valence-electron chi connectivity index (χ4n) is 2.13. The quantitative estimate of drug-likeness (QED) is 0.723. The number of rotatable bonds is 8. The zero-order valence-corrected chi connectivity index (χ0v) is 13.5. The Labute approximate surface area is 126 Å². The van der Waals surface area contributed by atoms with Crippen molar-refractivity contribution in [3.05, 3.63) is 28.8 Å². The van der Waals surface area contributed by atoms with E-state index in [0.29, 0.717) is 19.7 Å². The van der Waals surface area contributed by atoms with Gasteiger partial charge in [0.05, 0.1) is 12.2 Å². The summed E-state index contributed by atoms with van der Waals surface area (Å²) in [7, 11) is 3.64. The van der Waals surface area contributed by atoms with Gasteiger partial charge in [-0.1, -0.05) is 17.7 Å². The molecule has 0 amide bonds. The van der Waals surface area contributed by atoms with Gasteiger partial charge >= 0.3 is 0 Å². The Morgan fingerprint density at radius 3 is 2.70 bits per heavy atom. The highest BCUT2D eigenvalue weighted by molar-refractivity contribution is 6.31. The number of benzene rings is 1. The molecule has 0 saturated carbocycles. The first-order valence-corrected chi connectivity index (χ1v) is 7.13. The van der Waals surface area contributed by atoms with Gasteiger partial charge < -0.3 is 20.1 Å². The molecule has 0 aliphatic rings. The Kier molecular flexibility index (Phi) is 6.76. The Bertz CT molecular complexity index is 419. The molecule has 0 unspecified atom stereocenters. The van der Waals surface area contributed by atoms with Crippen LogP contribution in [0.1, 0.15) is 19.4 Å². The first-order chi connectivity index (χ1) is 9.35. The van der Waals surface area contributed by atoms with Crippen LogP contribution in [-0.2, 0) is 11.3 Å². The number of likely N-dealkylation sites (N-methyl/N-ethyl adjacent to an activating group) is 1. The van der Waals surface area contributed by atoms with Gasteiger partial charge in [-0.05, 0) is 26.0 Å². The van der Waals surface area contributed by atoms with Crippen molar-refractivity contribution in [3.8, 4) is 0 Å². The first-order valence-electron chi connectivity index (χ1n) is 6.75. The van der Waals surface area contributed by atoms with Crippen molar-refractivity contribution >= 4 is 17.3 Å². The fraction of sp³-hybridized carbons (Fsp3) is 0.600. The third kappa shape index (κ3) is 5.67. The minimum Gasteiger partial charge on any atom is -0.389 e. The smallest absolute Gasteiger partial charge is 0.0765 e. The molecule has 5 heteroatoms. The van der Waals surface area contributed by atoms with Crippen LogP contribution in [0.4, 0.5) is 5.69 Å².